The maximum absolute atomic E-state index is 15.4. The van der Waals surface area contributed by atoms with Gasteiger partial charge in [-0.3, -0.25) is 14.6 Å². The number of aromatic nitrogens is 1. The highest BCUT2D eigenvalue weighted by Crippen LogP contribution is 2.50. The van der Waals surface area contributed by atoms with Crippen LogP contribution in [0, 0.1) is 5.82 Å². The molecule has 0 aliphatic carbocycles. The fraction of sp³-hybridized carbons (Fsp3) is 0.457. The number of carbonyl (C=O) groups is 2. The number of ether oxygens (including phenoxy) is 2. The number of amides is 3. The minimum absolute atomic E-state index is 0.0125. The van der Waals surface area contributed by atoms with Crippen LogP contribution in [0.2, 0.25) is 5.02 Å². The molecule has 0 radical (unpaired) electrons. The van der Waals surface area contributed by atoms with Crippen LogP contribution in [0.15, 0.2) is 59.6 Å². The van der Waals surface area contributed by atoms with Crippen molar-refractivity contribution in [1.29, 1.82) is 0 Å². The second-order valence-electron chi connectivity index (χ2n) is 12.9. The molecule has 2 aromatic carbocycles. The van der Waals surface area contributed by atoms with Crippen LogP contribution in [-0.4, -0.2) is 105 Å². The highest BCUT2D eigenvalue weighted by atomic mass is 35.5. The van der Waals surface area contributed by atoms with Gasteiger partial charge in [-0.25, -0.2) is 22.6 Å². The lowest BCUT2D eigenvalue weighted by atomic mass is 9.84. The number of benzene rings is 2. The standard InChI is InChI=1S/C35H42ClFN6O6S/c1-5-49-32-25(9-8-14-38-32)35(39-34(45)42-15-12-24(13-16-42)41-19-17-40(18-20-41)23(2)3)26-21-28(37)27(36)22-29(26)43(33(35)44)50(46,47)31-11-7-6-10-30(31)48-4/h6-11,14,21-24H,5,12-13,15-20H2,1-4H3,(H,39,45). The highest BCUT2D eigenvalue weighted by Gasteiger charge is 2.59. The van der Waals surface area contributed by atoms with Crippen molar-refractivity contribution in [2.75, 3.05) is 57.3 Å². The molecule has 3 aromatic rings. The average Bonchev–Trinajstić information content (AvgIpc) is 3.35. The van der Waals surface area contributed by atoms with Gasteiger partial charge in [0.25, 0.3) is 15.9 Å². The molecule has 2 fully saturated rings. The van der Waals surface area contributed by atoms with Crippen LogP contribution >= 0.6 is 11.6 Å². The smallest absolute Gasteiger partial charge is 0.318 e. The van der Waals surface area contributed by atoms with E-state index in [1.54, 1.807) is 17.9 Å². The molecule has 3 amide bonds. The summed E-state index contributed by atoms with van der Waals surface area (Å²) < 4.78 is 56.1. The second-order valence-corrected chi connectivity index (χ2v) is 15.0. The van der Waals surface area contributed by atoms with Gasteiger partial charge in [0, 0.05) is 63.1 Å². The Morgan fingerprint density at radius 1 is 1.06 bits per heavy atom. The maximum atomic E-state index is 15.4. The summed E-state index contributed by atoms with van der Waals surface area (Å²) in [6, 6.07) is 11.1. The zero-order valence-electron chi connectivity index (χ0n) is 28.6. The fourth-order valence-corrected chi connectivity index (χ4v) is 9.00. The molecule has 4 heterocycles. The normalized spacial score (nSPS) is 20.7. The van der Waals surface area contributed by atoms with Gasteiger partial charge >= 0.3 is 6.03 Å². The molecule has 268 valence electrons. The zero-order chi connectivity index (χ0) is 35.8. The number of fused-ring (bicyclic) bond motifs is 1. The van der Waals surface area contributed by atoms with Crippen molar-refractivity contribution in [2.45, 2.75) is 56.1 Å². The Balaban J connectivity index is 1.40. The van der Waals surface area contributed by atoms with Gasteiger partial charge in [0.2, 0.25) is 5.88 Å². The number of sulfonamides is 1. The van der Waals surface area contributed by atoms with Crippen LogP contribution in [0.4, 0.5) is 14.9 Å². The van der Waals surface area contributed by atoms with Crippen molar-refractivity contribution in [2.24, 2.45) is 0 Å². The number of urea groups is 1. The van der Waals surface area contributed by atoms with E-state index in [0.717, 1.165) is 51.2 Å². The van der Waals surface area contributed by atoms with Crippen LogP contribution in [0.3, 0.4) is 0 Å². The molecule has 50 heavy (non-hydrogen) atoms. The molecule has 3 aliphatic rings. The third kappa shape index (κ3) is 6.27. The van der Waals surface area contributed by atoms with Crippen LogP contribution in [-0.2, 0) is 20.4 Å². The van der Waals surface area contributed by atoms with E-state index in [0.29, 0.717) is 29.5 Å². The SMILES string of the molecule is CCOc1ncccc1C1(NC(=O)N2CCC(N3CCN(C(C)C)CC3)CC2)C(=O)N(S(=O)(=O)c2ccccc2OC)c2cc(Cl)c(F)cc21. The van der Waals surface area contributed by atoms with Crippen molar-refractivity contribution in [3.05, 3.63) is 76.7 Å². The van der Waals surface area contributed by atoms with Crippen molar-refractivity contribution in [3.8, 4) is 11.6 Å². The summed E-state index contributed by atoms with van der Waals surface area (Å²) in [5, 5.41) is 2.46. The molecule has 2 saturated heterocycles. The fourth-order valence-electron chi connectivity index (χ4n) is 7.22. The van der Waals surface area contributed by atoms with E-state index in [4.69, 9.17) is 21.1 Å². The van der Waals surface area contributed by atoms with Crippen molar-refractivity contribution < 1.29 is 31.9 Å². The molecule has 1 atom stereocenters. The van der Waals surface area contributed by atoms with Crippen molar-refractivity contribution in [1.82, 2.24) is 25.0 Å². The largest absolute Gasteiger partial charge is 0.495 e. The Hall–Kier alpha value is -3.98. The first-order chi connectivity index (χ1) is 23.9. The van der Waals surface area contributed by atoms with E-state index in [2.05, 4.69) is 33.9 Å². The highest BCUT2D eigenvalue weighted by molar-refractivity contribution is 7.93. The molecule has 15 heteroatoms. The number of rotatable bonds is 9. The Labute approximate surface area is 297 Å². The van der Waals surface area contributed by atoms with E-state index in [1.807, 2.05) is 0 Å². The first kappa shape index (κ1) is 35.8. The Kier molecular flexibility index (Phi) is 10.3. The van der Waals surface area contributed by atoms with Gasteiger partial charge < -0.3 is 19.7 Å². The molecule has 1 unspecified atom stereocenters. The monoisotopic (exact) mass is 728 g/mol. The summed E-state index contributed by atoms with van der Waals surface area (Å²) in [6.07, 6.45) is 2.90. The molecule has 6 rings (SSSR count). The molecule has 12 nitrogen and oxygen atoms in total. The molecule has 0 saturated carbocycles. The Bertz CT molecular complexity index is 1870. The van der Waals surface area contributed by atoms with Gasteiger partial charge in [-0.05, 0) is 70.0 Å². The van der Waals surface area contributed by atoms with Gasteiger partial charge in [-0.2, -0.15) is 4.31 Å². The van der Waals surface area contributed by atoms with Crippen molar-refractivity contribution >= 4 is 39.2 Å². The lowest BCUT2D eigenvalue weighted by molar-refractivity contribution is -0.121. The number of likely N-dealkylation sites (tertiary alicyclic amines) is 1. The van der Waals surface area contributed by atoms with E-state index in [1.165, 1.54) is 43.6 Å². The first-order valence-electron chi connectivity index (χ1n) is 16.8. The number of pyridine rings is 1. The van der Waals surface area contributed by atoms with Crippen LogP contribution in [0.1, 0.15) is 44.7 Å². The number of hydrogen-bond donors (Lipinski definition) is 1. The van der Waals surface area contributed by atoms with Gasteiger partial charge in [0.15, 0.2) is 5.54 Å². The van der Waals surface area contributed by atoms with Gasteiger partial charge in [-0.15, -0.1) is 0 Å². The van der Waals surface area contributed by atoms with Crippen LogP contribution in [0.5, 0.6) is 11.6 Å². The molecule has 3 aliphatic heterocycles. The Morgan fingerprint density at radius 3 is 2.42 bits per heavy atom. The number of nitrogens with zero attached hydrogens (tertiary/aromatic N) is 5. The summed E-state index contributed by atoms with van der Waals surface area (Å²) in [4.78, 5) is 39.9. The molecular weight excluding hydrogens is 687 g/mol. The number of piperazine rings is 1. The number of piperidine rings is 1. The van der Waals surface area contributed by atoms with E-state index in [9.17, 15) is 13.2 Å². The molecule has 0 bridgehead atoms. The molecule has 1 aromatic heterocycles. The third-order valence-corrected chi connectivity index (χ3v) is 11.9. The van der Waals surface area contributed by atoms with Crippen LogP contribution in [0.25, 0.3) is 0 Å². The minimum Gasteiger partial charge on any atom is -0.495 e. The van der Waals surface area contributed by atoms with Gasteiger partial charge in [-0.1, -0.05) is 23.7 Å². The van der Waals surface area contributed by atoms with Crippen LogP contribution < -0.4 is 19.1 Å². The van der Waals surface area contributed by atoms with E-state index >= 15 is 9.18 Å². The number of hydrogen-bond acceptors (Lipinski definition) is 9. The molecular formula is C35H42ClFN6O6S. The lowest BCUT2D eigenvalue weighted by Crippen LogP contribution is -2.60. The number of carbonyl (C=O) groups excluding carboxylic acids is 2. The number of halogens is 2. The average molecular weight is 729 g/mol. The maximum Gasteiger partial charge on any atom is 0.318 e. The topological polar surface area (TPSA) is 125 Å². The molecule has 0 spiro atoms. The quantitative estimate of drug-likeness (QED) is 0.340. The summed E-state index contributed by atoms with van der Waals surface area (Å²) in [7, 11) is -3.42. The van der Waals surface area contributed by atoms with Gasteiger partial charge in [0.05, 0.1) is 30.0 Å². The lowest BCUT2D eigenvalue weighted by Gasteiger charge is -2.44. The number of para-hydroxylation sites is 1. The van der Waals surface area contributed by atoms with Crippen molar-refractivity contribution in [3.63, 3.8) is 0 Å². The summed E-state index contributed by atoms with van der Waals surface area (Å²) in [6.45, 7) is 11.0. The van der Waals surface area contributed by atoms with E-state index < -0.39 is 38.3 Å². The van der Waals surface area contributed by atoms with Gasteiger partial charge in [0.1, 0.15) is 16.5 Å². The first-order valence-corrected chi connectivity index (χ1v) is 18.6. The van der Waals surface area contributed by atoms with E-state index in [-0.39, 0.29) is 39.9 Å². The zero-order valence-corrected chi connectivity index (χ0v) is 30.1. The molecule has 1 N–H and O–H groups in total. The third-order valence-electron chi connectivity index (χ3n) is 9.85. The number of methoxy groups -OCH3 is 1. The summed E-state index contributed by atoms with van der Waals surface area (Å²) in [5.74, 6) is -2.03. The number of nitrogens with one attached hydrogen (secondary N) is 1. The summed E-state index contributed by atoms with van der Waals surface area (Å²) in [5.41, 5.74) is -2.59. The minimum atomic E-state index is -4.73. The number of anilines is 1. The Morgan fingerprint density at radius 2 is 1.76 bits per heavy atom. The predicted molar refractivity (Wildman–Crippen MR) is 187 cm³/mol. The second kappa shape index (κ2) is 14.3. The summed E-state index contributed by atoms with van der Waals surface area (Å²) >= 11 is 6.24. The predicted octanol–water partition coefficient (Wildman–Crippen LogP) is 4.46.